The van der Waals surface area contributed by atoms with Crippen molar-refractivity contribution in [3.05, 3.63) is 0 Å². The summed E-state index contributed by atoms with van der Waals surface area (Å²) in [6.07, 6.45) is -13.6. The van der Waals surface area contributed by atoms with Crippen LogP contribution in [0, 0.1) is 0 Å². The van der Waals surface area contributed by atoms with Gasteiger partial charge in [-0.15, -0.1) is 0 Å². The van der Waals surface area contributed by atoms with Crippen molar-refractivity contribution in [1.29, 1.82) is 0 Å². The molecule has 7 N–H and O–H groups in total. The summed E-state index contributed by atoms with van der Waals surface area (Å²) >= 11 is 0. The molecule has 2 aliphatic rings. The Morgan fingerprint density at radius 1 is 0.667 bits per heavy atom. The Morgan fingerprint density at radius 3 is 1.67 bits per heavy atom. The van der Waals surface area contributed by atoms with Gasteiger partial charge in [-0.3, -0.25) is 0 Å². The van der Waals surface area contributed by atoms with Crippen LogP contribution >= 0.6 is 0 Å². The molecular weight excluding hydrogens is 288 g/mol. The zero-order valence-corrected chi connectivity index (χ0v) is 11.4. The Balaban J connectivity index is 2.19. The Hall–Kier alpha value is -0.360. The van der Waals surface area contributed by atoms with Crippen LogP contribution in [-0.4, -0.2) is 103 Å². The van der Waals surface area contributed by atoms with Crippen LogP contribution in [0.15, 0.2) is 0 Å². The molecule has 0 aliphatic carbocycles. The van der Waals surface area contributed by atoms with Crippen LogP contribution in [0.3, 0.4) is 0 Å². The van der Waals surface area contributed by atoms with Crippen molar-refractivity contribution >= 4 is 0 Å². The minimum Gasteiger partial charge on any atom is -0.394 e. The van der Waals surface area contributed by atoms with Crippen molar-refractivity contribution in [2.24, 2.45) is 0 Å². The topological polar surface area (TPSA) is 160 Å². The maximum Gasteiger partial charge on any atom is 0.115 e. The lowest BCUT2D eigenvalue weighted by Crippen LogP contribution is -2.68. The minimum atomic E-state index is -1.60. The molecule has 21 heavy (non-hydrogen) atoms. The number of ether oxygens (including phenoxy) is 2. The average Bonchev–Trinajstić information content (AvgIpc) is 2.47. The second-order valence-electron chi connectivity index (χ2n) is 5.57. The van der Waals surface area contributed by atoms with Crippen LogP contribution in [0.2, 0.25) is 0 Å². The largest absolute Gasteiger partial charge is 0.394 e. The Morgan fingerprint density at radius 2 is 1.14 bits per heavy atom. The number of rotatable bonds is 2. The van der Waals surface area contributed by atoms with Crippen LogP contribution in [-0.2, 0) is 9.47 Å². The molecule has 0 aromatic heterocycles. The van der Waals surface area contributed by atoms with E-state index < -0.39 is 67.6 Å². The van der Waals surface area contributed by atoms with Crippen molar-refractivity contribution < 1.29 is 45.2 Å². The maximum atomic E-state index is 9.98. The molecule has 9 nitrogen and oxygen atoms in total. The smallest absolute Gasteiger partial charge is 0.115 e. The van der Waals surface area contributed by atoms with Crippen molar-refractivity contribution in [1.82, 2.24) is 0 Å². The van der Waals surface area contributed by atoms with Gasteiger partial charge in [0, 0.05) is 0 Å². The lowest BCUT2D eigenvalue weighted by Gasteiger charge is -2.48. The summed E-state index contributed by atoms with van der Waals surface area (Å²) < 4.78 is 10.6. The van der Waals surface area contributed by atoms with E-state index in [2.05, 4.69) is 0 Å². The van der Waals surface area contributed by atoms with E-state index in [1.54, 1.807) is 0 Å². The van der Waals surface area contributed by atoms with Gasteiger partial charge >= 0.3 is 0 Å². The van der Waals surface area contributed by atoms with Crippen molar-refractivity contribution in [2.45, 2.75) is 68.0 Å². The summed E-state index contributed by atoms with van der Waals surface area (Å²) in [5.74, 6) is 0. The first-order chi connectivity index (χ1) is 9.79. The van der Waals surface area contributed by atoms with Gasteiger partial charge in [-0.1, -0.05) is 0 Å². The number of hydrogen-bond acceptors (Lipinski definition) is 9. The van der Waals surface area contributed by atoms with Gasteiger partial charge in [-0.05, 0) is 6.92 Å². The number of aliphatic hydroxyl groups is 7. The molecular formula is C12H22O9. The van der Waals surface area contributed by atoms with Gasteiger partial charge in [0.15, 0.2) is 0 Å². The molecule has 0 spiro atoms. The highest BCUT2D eigenvalue weighted by Gasteiger charge is 2.53. The fraction of sp³-hybridized carbons (Fsp3) is 1.00. The second-order valence-corrected chi connectivity index (χ2v) is 5.57. The van der Waals surface area contributed by atoms with Crippen molar-refractivity contribution in [3.8, 4) is 0 Å². The van der Waals surface area contributed by atoms with Gasteiger partial charge in [0.1, 0.15) is 54.9 Å². The number of aliphatic hydroxyl groups excluding tert-OH is 7. The van der Waals surface area contributed by atoms with Crippen LogP contribution in [0.25, 0.3) is 0 Å². The molecule has 2 saturated heterocycles. The predicted octanol–water partition coefficient (Wildman–Crippen LogP) is -4.30. The molecule has 0 amide bonds. The summed E-state index contributed by atoms with van der Waals surface area (Å²) in [6.45, 7) is 0.863. The zero-order valence-electron chi connectivity index (χ0n) is 11.4. The summed E-state index contributed by atoms with van der Waals surface area (Å²) in [7, 11) is 0. The van der Waals surface area contributed by atoms with E-state index in [4.69, 9.17) is 14.6 Å². The first-order valence-corrected chi connectivity index (χ1v) is 6.79. The Bertz CT molecular complexity index is 352. The molecule has 0 aromatic rings. The van der Waals surface area contributed by atoms with Crippen molar-refractivity contribution in [3.63, 3.8) is 0 Å². The van der Waals surface area contributed by atoms with Crippen LogP contribution in [0.4, 0.5) is 0 Å². The standard InChI is InChI=1S/C12H22O9/c1-3-5(14)7(16)9(18)11(20-3)12-10(19)8(17)6(15)4(2-13)21-12/h3-19H,2H2,1H3/t3-,4-,5-,6+,7+,8+,9+,10-,11?,12?/m1/s1. The van der Waals surface area contributed by atoms with Crippen LogP contribution in [0.1, 0.15) is 6.92 Å². The first-order valence-electron chi connectivity index (χ1n) is 6.79. The second kappa shape index (κ2) is 6.41. The molecule has 0 aromatic carbocycles. The highest BCUT2D eigenvalue weighted by Crippen LogP contribution is 2.31. The maximum absolute atomic E-state index is 9.98. The highest BCUT2D eigenvalue weighted by atomic mass is 16.6. The summed E-state index contributed by atoms with van der Waals surface area (Å²) in [5, 5.41) is 67.9. The van der Waals surface area contributed by atoms with Gasteiger partial charge in [0.2, 0.25) is 0 Å². The Kier molecular flexibility index (Phi) is 5.19. The SMILES string of the molecule is C[C@H]1OC(C2O[C@H](CO)[C@H](O)[C@H](O)[C@H]2O)[C@@H](O)[C@@H](O)[C@@H]1O. The van der Waals surface area contributed by atoms with E-state index in [0.29, 0.717) is 0 Å². The van der Waals surface area contributed by atoms with Crippen LogP contribution in [0.5, 0.6) is 0 Å². The molecule has 0 saturated carbocycles. The van der Waals surface area contributed by atoms with E-state index in [9.17, 15) is 30.6 Å². The third-order valence-electron chi connectivity index (χ3n) is 4.14. The Labute approximate surface area is 121 Å². The lowest BCUT2D eigenvalue weighted by molar-refractivity contribution is -0.297. The van der Waals surface area contributed by atoms with E-state index >= 15 is 0 Å². The molecule has 124 valence electrons. The zero-order chi connectivity index (χ0) is 15.9. The molecule has 2 fully saturated rings. The third-order valence-corrected chi connectivity index (χ3v) is 4.14. The van der Waals surface area contributed by atoms with E-state index in [1.165, 1.54) is 6.92 Å². The average molecular weight is 310 g/mol. The predicted molar refractivity (Wildman–Crippen MR) is 66.1 cm³/mol. The normalized spacial score (nSPS) is 55.4. The summed E-state index contributed by atoms with van der Waals surface area (Å²) in [4.78, 5) is 0. The molecule has 2 unspecified atom stereocenters. The molecule has 2 aliphatic heterocycles. The van der Waals surface area contributed by atoms with Crippen molar-refractivity contribution in [2.75, 3.05) is 6.61 Å². The van der Waals surface area contributed by atoms with Gasteiger partial charge in [-0.25, -0.2) is 0 Å². The minimum absolute atomic E-state index is 0.606. The quantitative estimate of drug-likeness (QED) is 0.268. The lowest BCUT2D eigenvalue weighted by atomic mass is 9.86. The molecule has 9 heteroatoms. The third kappa shape index (κ3) is 2.93. The number of hydrogen-bond donors (Lipinski definition) is 7. The molecule has 0 bridgehead atoms. The van der Waals surface area contributed by atoms with Gasteiger partial charge < -0.3 is 45.2 Å². The monoisotopic (exact) mass is 310 g/mol. The fourth-order valence-electron chi connectivity index (χ4n) is 2.76. The van der Waals surface area contributed by atoms with Gasteiger partial charge in [-0.2, -0.15) is 0 Å². The summed E-state index contributed by atoms with van der Waals surface area (Å²) in [5.41, 5.74) is 0. The summed E-state index contributed by atoms with van der Waals surface area (Å²) in [6, 6.07) is 0. The molecule has 2 heterocycles. The van der Waals surface area contributed by atoms with Gasteiger partial charge in [0.25, 0.3) is 0 Å². The fourth-order valence-corrected chi connectivity index (χ4v) is 2.76. The van der Waals surface area contributed by atoms with E-state index in [0.717, 1.165) is 0 Å². The molecule has 0 radical (unpaired) electrons. The van der Waals surface area contributed by atoms with Crippen LogP contribution < -0.4 is 0 Å². The highest BCUT2D eigenvalue weighted by molar-refractivity contribution is 5.01. The molecule has 2 rings (SSSR count). The molecule has 10 atom stereocenters. The van der Waals surface area contributed by atoms with E-state index in [-0.39, 0.29) is 0 Å². The van der Waals surface area contributed by atoms with Gasteiger partial charge in [0.05, 0.1) is 12.7 Å². The van der Waals surface area contributed by atoms with E-state index in [1.807, 2.05) is 0 Å². The first kappa shape index (κ1) is 17.0.